The summed E-state index contributed by atoms with van der Waals surface area (Å²) in [5, 5.41) is 11.8. The lowest BCUT2D eigenvalue weighted by Gasteiger charge is -2.36. The highest BCUT2D eigenvalue weighted by atomic mass is 16.5. The number of carbonyl (C=O) groups excluding carboxylic acids is 1. The Hall–Kier alpha value is -2.27. The lowest BCUT2D eigenvalue weighted by atomic mass is 9.86. The van der Waals surface area contributed by atoms with Gasteiger partial charge in [-0.3, -0.25) is 4.79 Å². The number of ether oxygens (including phenoxy) is 1. The van der Waals surface area contributed by atoms with E-state index in [0.29, 0.717) is 0 Å². The van der Waals surface area contributed by atoms with Crippen molar-refractivity contribution in [3.63, 3.8) is 0 Å². The smallest absolute Gasteiger partial charge is 0.248 e. The van der Waals surface area contributed by atoms with E-state index < -0.39 is 0 Å². The molecule has 0 unspecified atom stereocenters. The van der Waals surface area contributed by atoms with Crippen LogP contribution in [0.2, 0.25) is 0 Å². The second-order valence-corrected chi connectivity index (χ2v) is 8.45. The van der Waals surface area contributed by atoms with Gasteiger partial charge in [-0.15, -0.1) is 0 Å². The Morgan fingerprint density at radius 3 is 2.41 bits per heavy atom. The Morgan fingerprint density at radius 1 is 1.00 bits per heavy atom. The molecule has 29 heavy (non-hydrogen) atoms. The van der Waals surface area contributed by atoms with Gasteiger partial charge in [0.2, 0.25) is 5.91 Å². The van der Waals surface area contributed by atoms with Gasteiger partial charge in [0.05, 0.1) is 6.10 Å². The summed E-state index contributed by atoms with van der Waals surface area (Å²) in [6, 6.07) is 11.7. The molecule has 2 aromatic carbocycles. The minimum absolute atomic E-state index is 0.122. The number of amides is 1. The van der Waals surface area contributed by atoms with Gasteiger partial charge in [-0.05, 0) is 66.6 Å². The van der Waals surface area contributed by atoms with Gasteiger partial charge in [0, 0.05) is 31.9 Å². The maximum absolute atomic E-state index is 12.6. The SMILES string of the molecule is CCC1CCC(OCC(=O)N2CCN(c3ccc4cc(O)ccc4c3)CC2)CC1. The molecule has 1 saturated heterocycles. The number of piperazine rings is 1. The van der Waals surface area contributed by atoms with E-state index in [1.165, 1.54) is 24.9 Å². The minimum atomic E-state index is 0.122. The van der Waals surface area contributed by atoms with Crippen LogP contribution >= 0.6 is 0 Å². The Bertz CT molecular complexity index is 837. The van der Waals surface area contributed by atoms with Crippen molar-refractivity contribution in [1.82, 2.24) is 4.90 Å². The molecule has 1 amide bonds. The number of fused-ring (bicyclic) bond motifs is 1. The van der Waals surface area contributed by atoms with Crippen molar-refractivity contribution < 1.29 is 14.6 Å². The molecular weight excluding hydrogens is 364 g/mol. The standard InChI is InChI=1S/C24H32N2O3/c1-2-18-3-9-23(10-4-18)29-17-24(28)26-13-11-25(12-14-26)21-7-5-20-16-22(27)8-6-19(20)15-21/h5-8,15-16,18,23,27H,2-4,9-14,17H2,1H3. The van der Waals surface area contributed by atoms with E-state index in [2.05, 4.69) is 24.0 Å². The molecule has 1 N–H and O–H groups in total. The Labute approximate surface area is 173 Å². The van der Waals surface area contributed by atoms with Gasteiger partial charge in [0.1, 0.15) is 12.4 Å². The van der Waals surface area contributed by atoms with Crippen molar-refractivity contribution in [3.05, 3.63) is 36.4 Å². The highest BCUT2D eigenvalue weighted by Gasteiger charge is 2.24. The summed E-state index contributed by atoms with van der Waals surface area (Å²) in [6.07, 6.45) is 6.19. The maximum atomic E-state index is 12.6. The molecule has 2 aromatic rings. The van der Waals surface area contributed by atoms with Gasteiger partial charge in [0.25, 0.3) is 0 Å². The summed E-state index contributed by atoms with van der Waals surface area (Å²) in [4.78, 5) is 16.8. The maximum Gasteiger partial charge on any atom is 0.248 e. The predicted molar refractivity (Wildman–Crippen MR) is 116 cm³/mol. The predicted octanol–water partition coefficient (Wildman–Crippen LogP) is 4.18. The number of hydrogen-bond acceptors (Lipinski definition) is 4. The van der Waals surface area contributed by atoms with Crippen molar-refractivity contribution in [2.24, 2.45) is 5.92 Å². The van der Waals surface area contributed by atoms with E-state index >= 15 is 0 Å². The van der Waals surface area contributed by atoms with E-state index in [1.807, 2.05) is 17.0 Å². The van der Waals surface area contributed by atoms with Crippen LogP contribution < -0.4 is 4.90 Å². The molecule has 0 radical (unpaired) electrons. The fourth-order valence-corrected chi connectivity index (χ4v) is 4.62. The van der Waals surface area contributed by atoms with Gasteiger partial charge in [-0.1, -0.05) is 25.5 Å². The fourth-order valence-electron chi connectivity index (χ4n) is 4.62. The van der Waals surface area contributed by atoms with E-state index in [0.717, 1.165) is 55.7 Å². The molecule has 1 saturated carbocycles. The molecule has 2 aliphatic rings. The van der Waals surface area contributed by atoms with Crippen molar-refractivity contribution in [2.45, 2.75) is 45.1 Å². The first-order valence-corrected chi connectivity index (χ1v) is 11.0. The van der Waals surface area contributed by atoms with Crippen LogP contribution in [-0.2, 0) is 9.53 Å². The first-order chi connectivity index (χ1) is 14.1. The molecule has 1 heterocycles. The molecule has 1 aliphatic carbocycles. The number of benzene rings is 2. The molecule has 0 spiro atoms. The van der Waals surface area contributed by atoms with Gasteiger partial charge in [-0.2, -0.15) is 0 Å². The molecule has 0 aromatic heterocycles. The number of rotatable bonds is 5. The highest BCUT2D eigenvalue weighted by Crippen LogP contribution is 2.28. The molecule has 5 nitrogen and oxygen atoms in total. The first kappa shape index (κ1) is 20.0. The largest absolute Gasteiger partial charge is 0.508 e. The average Bonchev–Trinajstić information content (AvgIpc) is 2.77. The summed E-state index contributed by atoms with van der Waals surface area (Å²) >= 11 is 0. The van der Waals surface area contributed by atoms with Crippen LogP contribution in [0.25, 0.3) is 10.8 Å². The summed E-state index contributed by atoms with van der Waals surface area (Å²) in [5.74, 6) is 1.26. The van der Waals surface area contributed by atoms with Crippen molar-refractivity contribution >= 4 is 22.4 Å². The van der Waals surface area contributed by atoms with Crippen LogP contribution in [0.4, 0.5) is 5.69 Å². The number of carbonyl (C=O) groups is 1. The molecule has 0 atom stereocenters. The van der Waals surface area contributed by atoms with Gasteiger partial charge >= 0.3 is 0 Å². The molecule has 1 aliphatic heterocycles. The van der Waals surface area contributed by atoms with Crippen LogP contribution in [-0.4, -0.2) is 54.8 Å². The normalized spacial score (nSPS) is 22.8. The van der Waals surface area contributed by atoms with Gasteiger partial charge in [0.15, 0.2) is 0 Å². The van der Waals surface area contributed by atoms with E-state index in [4.69, 9.17) is 4.74 Å². The Morgan fingerprint density at radius 2 is 1.69 bits per heavy atom. The minimum Gasteiger partial charge on any atom is -0.508 e. The van der Waals surface area contributed by atoms with Crippen molar-refractivity contribution in [2.75, 3.05) is 37.7 Å². The number of anilines is 1. The molecule has 4 rings (SSSR count). The average molecular weight is 397 g/mol. The number of hydrogen-bond donors (Lipinski definition) is 1. The van der Waals surface area contributed by atoms with E-state index in [9.17, 15) is 9.90 Å². The third-order valence-electron chi connectivity index (χ3n) is 6.62. The first-order valence-electron chi connectivity index (χ1n) is 11.0. The number of phenols is 1. The van der Waals surface area contributed by atoms with Gasteiger partial charge < -0.3 is 19.6 Å². The van der Waals surface area contributed by atoms with Crippen LogP contribution in [0.3, 0.4) is 0 Å². The van der Waals surface area contributed by atoms with Crippen molar-refractivity contribution in [1.29, 1.82) is 0 Å². The summed E-state index contributed by atoms with van der Waals surface area (Å²) in [7, 11) is 0. The zero-order valence-corrected chi connectivity index (χ0v) is 17.3. The molecule has 5 heteroatoms. The lowest BCUT2D eigenvalue weighted by Crippen LogP contribution is -2.50. The van der Waals surface area contributed by atoms with Crippen LogP contribution in [0.5, 0.6) is 5.75 Å². The molecule has 2 fully saturated rings. The number of nitrogens with zero attached hydrogens (tertiary/aromatic N) is 2. The van der Waals surface area contributed by atoms with Crippen molar-refractivity contribution in [3.8, 4) is 5.75 Å². The molecule has 156 valence electrons. The zero-order chi connectivity index (χ0) is 20.2. The Kier molecular flexibility index (Phi) is 6.24. The second-order valence-electron chi connectivity index (χ2n) is 8.45. The monoisotopic (exact) mass is 396 g/mol. The molecular formula is C24H32N2O3. The topological polar surface area (TPSA) is 53.0 Å². The van der Waals surface area contributed by atoms with Crippen LogP contribution in [0.15, 0.2) is 36.4 Å². The number of aromatic hydroxyl groups is 1. The van der Waals surface area contributed by atoms with Crippen LogP contribution in [0.1, 0.15) is 39.0 Å². The number of phenolic OH excluding ortho intramolecular Hbond substituents is 1. The summed E-state index contributed by atoms with van der Waals surface area (Å²) < 4.78 is 5.93. The summed E-state index contributed by atoms with van der Waals surface area (Å²) in [5.41, 5.74) is 1.17. The molecule has 0 bridgehead atoms. The Balaban J connectivity index is 1.26. The summed E-state index contributed by atoms with van der Waals surface area (Å²) in [6.45, 7) is 5.61. The van der Waals surface area contributed by atoms with Gasteiger partial charge in [-0.25, -0.2) is 0 Å². The third-order valence-corrected chi connectivity index (χ3v) is 6.62. The second kappa shape index (κ2) is 9.04. The zero-order valence-electron chi connectivity index (χ0n) is 17.3. The lowest BCUT2D eigenvalue weighted by molar-refractivity contribution is -0.139. The van der Waals surface area contributed by atoms with E-state index in [1.54, 1.807) is 12.1 Å². The highest BCUT2D eigenvalue weighted by molar-refractivity contribution is 5.87. The quantitative estimate of drug-likeness (QED) is 0.824. The van der Waals surface area contributed by atoms with Crippen LogP contribution in [0, 0.1) is 5.92 Å². The fraction of sp³-hybridized carbons (Fsp3) is 0.542. The third kappa shape index (κ3) is 4.84. The van der Waals surface area contributed by atoms with E-state index in [-0.39, 0.29) is 24.4 Å².